The lowest BCUT2D eigenvalue weighted by Gasteiger charge is -2.07. The zero-order chi connectivity index (χ0) is 14.1. The van der Waals surface area contributed by atoms with Crippen LogP contribution in [0.25, 0.3) is 21.9 Å². The smallest absolute Gasteiger partial charge is 0.0429 e. The van der Waals surface area contributed by atoms with E-state index < -0.39 is 0 Å². The van der Waals surface area contributed by atoms with E-state index in [4.69, 9.17) is 0 Å². The third kappa shape index (κ3) is 2.44. The maximum absolute atomic E-state index is 4.55. The molecule has 0 spiro atoms. The van der Waals surface area contributed by atoms with Gasteiger partial charge in [0.05, 0.1) is 0 Å². The third-order valence-corrected chi connectivity index (χ3v) is 3.71. The van der Waals surface area contributed by atoms with E-state index in [1.165, 1.54) is 27.5 Å². The molecule has 2 aromatic carbocycles. The molecule has 100 valence electrons. The van der Waals surface area contributed by atoms with Crippen molar-refractivity contribution >= 4 is 10.8 Å². The molecular weight excluding hydrogens is 242 g/mol. The van der Waals surface area contributed by atoms with Crippen molar-refractivity contribution in [3.05, 3.63) is 66.0 Å². The van der Waals surface area contributed by atoms with E-state index in [-0.39, 0.29) is 0 Å². The van der Waals surface area contributed by atoms with Gasteiger partial charge in [0.25, 0.3) is 0 Å². The Bertz CT molecular complexity index is 739. The molecule has 1 nitrogen and oxygen atoms in total. The predicted octanol–water partition coefficient (Wildman–Crippen LogP) is 5.33. The zero-order valence-electron chi connectivity index (χ0n) is 12.2. The summed E-state index contributed by atoms with van der Waals surface area (Å²) in [6, 6.07) is 17.5. The molecule has 0 bridgehead atoms. The number of aromatic nitrogens is 1. The highest BCUT2D eigenvalue weighted by Crippen LogP contribution is 2.25. The number of aryl methyl sites for hydroxylation is 1. The van der Waals surface area contributed by atoms with Gasteiger partial charge >= 0.3 is 0 Å². The summed E-state index contributed by atoms with van der Waals surface area (Å²) in [5, 5.41) is 2.57. The van der Waals surface area contributed by atoms with Crippen molar-refractivity contribution in [2.45, 2.75) is 26.7 Å². The molecule has 1 heteroatoms. The van der Waals surface area contributed by atoms with Crippen molar-refractivity contribution in [3.8, 4) is 11.1 Å². The molecule has 0 atom stereocenters. The fourth-order valence-corrected chi connectivity index (χ4v) is 2.46. The summed E-state index contributed by atoms with van der Waals surface area (Å²) in [7, 11) is 0. The largest absolute Gasteiger partial charge is 0.260 e. The number of benzene rings is 2. The van der Waals surface area contributed by atoms with Crippen LogP contribution in [-0.2, 0) is 0 Å². The average molecular weight is 261 g/mol. The minimum absolute atomic E-state index is 0.476. The Hall–Kier alpha value is -2.15. The third-order valence-electron chi connectivity index (χ3n) is 3.71. The average Bonchev–Trinajstić information content (AvgIpc) is 2.47. The van der Waals surface area contributed by atoms with Crippen molar-refractivity contribution in [1.82, 2.24) is 4.98 Å². The van der Waals surface area contributed by atoms with E-state index in [9.17, 15) is 0 Å². The summed E-state index contributed by atoms with van der Waals surface area (Å²) in [6.45, 7) is 6.46. The lowest BCUT2D eigenvalue weighted by Crippen LogP contribution is -1.91. The molecule has 0 radical (unpaired) electrons. The molecule has 0 saturated carbocycles. The molecule has 0 N–H and O–H groups in total. The van der Waals surface area contributed by atoms with Crippen LogP contribution in [0.1, 0.15) is 31.0 Å². The summed E-state index contributed by atoms with van der Waals surface area (Å²) in [6.07, 6.45) is 1.98. The van der Waals surface area contributed by atoms with Crippen molar-refractivity contribution in [1.29, 1.82) is 0 Å². The van der Waals surface area contributed by atoms with Gasteiger partial charge in [-0.05, 0) is 41.3 Å². The van der Waals surface area contributed by atoms with E-state index in [2.05, 4.69) is 74.3 Å². The van der Waals surface area contributed by atoms with Gasteiger partial charge in [0, 0.05) is 17.5 Å². The van der Waals surface area contributed by atoms with Gasteiger partial charge in [-0.3, -0.25) is 4.98 Å². The SMILES string of the molecule is Cc1ccc2cc(-c3ccc(C(C)C)nc3)ccc2c1. The predicted molar refractivity (Wildman–Crippen MR) is 86.0 cm³/mol. The molecule has 0 fully saturated rings. The van der Waals surface area contributed by atoms with E-state index in [0.717, 1.165) is 5.69 Å². The summed E-state index contributed by atoms with van der Waals surface area (Å²) in [4.78, 5) is 4.55. The summed E-state index contributed by atoms with van der Waals surface area (Å²) in [5.41, 5.74) is 4.85. The Kier molecular flexibility index (Phi) is 3.27. The standard InChI is InChI=1S/C19H19N/c1-13(2)19-9-8-18(12-20-19)17-7-6-15-10-14(3)4-5-16(15)11-17/h4-13H,1-3H3. The van der Waals surface area contributed by atoms with Gasteiger partial charge in [0.15, 0.2) is 0 Å². The quantitative estimate of drug-likeness (QED) is 0.607. The fourth-order valence-electron chi connectivity index (χ4n) is 2.46. The first-order valence-corrected chi connectivity index (χ1v) is 7.10. The molecule has 3 rings (SSSR count). The first-order valence-electron chi connectivity index (χ1n) is 7.10. The van der Waals surface area contributed by atoms with E-state index >= 15 is 0 Å². The highest BCUT2D eigenvalue weighted by Gasteiger charge is 2.03. The highest BCUT2D eigenvalue weighted by molar-refractivity contribution is 5.87. The topological polar surface area (TPSA) is 12.9 Å². The van der Waals surface area contributed by atoms with Crippen LogP contribution in [0.4, 0.5) is 0 Å². The molecule has 1 aromatic heterocycles. The Morgan fingerprint density at radius 2 is 1.50 bits per heavy atom. The highest BCUT2D eigenvalue weighted by atomic mass is 14.7. The van der Waals surface area contributed by atoms with E-state index in [0.29, 0.717) is 5.92 Å². The number of hydrogen-bond acceptors (Lipinski definition) is 1. The normalized spacial score (nSPS) is 11.2. The van der Waals surface area contributed by atoms with Crippen molar-refractivity contribution in [3.63, 3.8) is 0 Å². The van der Waals surface area contributed by atoms with Crippen molar-refractivity contribution < 1.29 is 0 Å². The molecule has 0 aliphatic carbocycles. The molecule has 0 aliphatic rings. The van der Waals surface area contributed by atoms with E-state index in [1.807, 2.05) is 6.20 Å². The maximum atomic E-state index is 4.55. The molecule has 0 unspecified atom stereocenters. The fraction of sp³-hybridized carbons (Fsp3) is 0.211. The molecule has 0 amide bonds. The minimum Gasteiger partial charge on any atom is -0.260 e. The molecule has 0 saturated heterocycles. The first-order chi connectivity index (χ1) is 9.63. The Balaban J connectivity index is 2.03. The van der Waals surface area contributed by atoms with Gasteiger partial charge in [0.2, 0.25) is 0 Å². The molecular formula is C19H19N. The molecule has 0 aliphatic heterocycles. The van der Waals surface area contributed by atoms with Crippen LogP contribution in [0.15, 0.2) is 54.7 Å². The number of fused-ring (bicyclic) bond motifs is 1. The lowest BCUT2D eigenvalue weighted by atomic mass is 10.0. The first kappa shape index (κ1) is 12.9. The number of pyridine rings is 1. The van der Waals surface area contributed by atoms with Crippen LogP contribution in [0, 0.1) is 6.92 Å². The number of nitrogens with zero attached hydrogens (tertiary/aromatic N) is 1. The number of hydrogen-bond donors (Lipinski definition) is 0. The second-order valence-corrected chi connectivity index (χ2v) is 5.69. The second-order valence-electron chi connectivity index (χ2n) is 5.69. The van der Waals surface area contributed by atoms with Crippen LogP contribution < -0.4 is 0 Å². The minimum atomic E-state index is 0.476. The van der Waals surface area contributed by atoms with Crippen LogP contribution in [0.5, 0.6) is 0 Å². The van der Waals surface area contributed by atoms with Crippen molar-refractivity contribution in [2.75, 3.05) is 0 Å². The van der Waals surface area contributed by atoms with Gasteiger partial charge in [-0.2, -0.15) is 0 Å². The van der Waals surface area contributed by atoms with Crippen LogP contribution in [0.3, 0.4) is 0 Å². The number of rotatable bonds is 2. The van der Waals surface area contributed by atoms with Gasteiger partial charge in [-0.1, -0.05) is 55.8 Å². The van der Waals surface area contributed by atoms with Crippen LogP contribution >= 0.6 is 0 Å². The second kappa shape index (κ2) is 5.09. The van der Waals surface area contributed by atoms with E-state index in [1.54, 1.807) is 0 Å². The van der Waals surface area contributed by atoms with Crippen molar-refractivity contribution in [2.24, 2.45) is 0 Å². The monoisotopic (exact) mass is 261 g/mol. The lowest BCUT2D eigenvalue weighted by molar-refractivity contribution is 0.823. The maximum Gasteiger partial charge on any atom is 0.0429 e. The summed E-state index contributed by atoms with van der Waals surface area (Å²) in [5.74, 6) is 0.476. The van der Waals surface area contributed by atoms with Gasteiger partial charge in [-0.15, -0.1) is 0 Å². The Morgan fingerprint density at radius 3 is 2.20 bits per heavy atom. The van der Waals surface area contributed by atoms with Gasteiger partial charge < -0.3 is 0 Å². The molecule has 1 heterocycles. The molecule has 20 heavy (non-hydrogen) atoms. The Labute approximate surface area is 120 Å². The Morgan fingerprint density at radius 1 is 0.800 bits per heavy atom. The van der Waals surface area contributed by atoms with Gasteiger partial charge in [0.1, 0.15) is 0 Å². The van der Waals surface area contributed by atoms with Gasteiger partial charge in [-0.25, -0.2) is 0 Å². The zero-order valence-corrected chi connectivity index (χ0v) is 12.2. The summed E-state index contributed by atoms with van der Waals surface area (Å²) >= 11 is 0. The van der Waals surface area contributed by atoms with Crippen LogP contribution in [0.2, 0.25) is 0 Å². The molecule has 3 aromatic rings. The van der Waals surface area contributed by atoms with Crippen LogP contribution in [-0.4, -0.2) is 4.98 Å². The summed E-state index contributed by atoms with van der Waals surface area (Å²) < 4.78 is 0.